The van der Waals surface area contributed by atoms with Crippen LogP contribution in [0.15, 0.2) is 91.0 Å². The van der Waals surface area contributed by atoms with Crippen molar-refractivity contribution in [2.24, 2.45) is 5.92 Å². The molecule has 0 saturated heterocycles. The molecule has 0 radical (unpaired) electrons. The van der Waals surface area contributed by atoms with Crippen molar-refractivity contribution in [3.63, 3.8) is 0 Å². The maximum atomic E-state index is 13.5. The highest BCUT2D eigenvalue weighted by Gasteiger charge is 2.40. The number of aliphatic hydroxyl groups excluding tert-OH is 2. The molecule has 184 valence electrons. The van der Waals surface area contributed by atoms with Crippen LogP contribution >= 0.6 is 0 Å². The molecule has 3 rings (SSSR count). The fourth-order valence-corrected chi connectivity index (χ4v) is 4.00. The molecule has 0 heterocycles. The number of carboxylic acid groups (broad SMARTS) is 1. The largest absolute Gasteiger partial charge is 0.481 e. The van der Waals surface area contributed by atoms with Crippen molar-refractivity contribution in [2.45, 2.75) is 38.3 Å². The van der Waals surface area contributed by atoms with E-state index in [9.17, 15) is 24.9 Å². The number of hydrogen-bond donors (Lipinski definition) is 3. The summed E-state index contributed by atoms with van der Waals surface area (Å²) in [5.41, 5.74) is 2.58. The molecule has 3 aromatic rings. The summed E-state index contributed by atoms with van der Waals surface area (Å²) in [6.07, 6.45) is -1.58. The number of nitrogens with zero attached hydrogens (tertiary/aromatic N) is 1. The molecule has 0 aliphatic rings. The van der Waals surface area contributed by atoms with Crippen LogP contribution in [-0.4, -0.2) is 50.9 Å². The number of carbonyl (C=O) groups is 2. The van der Waals surface area contributed by atoms with E-state index in [4.69, 9.17) is 4.74 Å². The molecule has 35 heavy (non-hydrogen) atoms. The van der Waals surface area contributed by atoms with E-state index in [1.807, 2.05) is 91.0 Å². The summed E-state index contributed by atoms with van der Waals surface area (Å²) in [5.74, 6) is -3.24. The lowest BCUT2D eigenvalue weighted by molar-refractivity contribution is -0.163. The number of ether oxygens (including phenoxy) is 1. The zero-order valence-corrected chi connectivity index (χ0v) is 19.4. The van der Waals surface area contributed by atoms with Crippen molar-refractivity contribution in [3.8, 4) is 0 Å². The number of aliphatic hydroxyl groups is 2. The van der Waals surface area contributed by atoms with Gasteiger partial charge in [0.15, 0.2) is 0 Å². The van der Waals surface area contributed by atoms with Gasteiger partial charge in [-0.2, -0.15) is 0 Å². The first-order valence-corrected chi connectivity index (χ1v) is 11.5. The van der Waals surface area contributed by atoms with Gasteiger partial charge in [0, 0.05) is 13.1 Å². The molecule has 0 fully saturated rings. The number of aliphatic carboxylic acids is 1. The van der Waals surface area contributed by atoms with E-state index >= 15 is 0 Å². The van der Waals surface area contributed by atoms with Crippen molar-refractivity contribution in [2.75, 3.05) is 6.61 Å². The smallest absolute Gasteiger partial charge is 0.324 e. The zero-order chi connectivity index (χ0) is 25.0. The van der Waals surface area contributed by atoms with Gasteiger partial charge in [-0.15, -0.1) is 0 Å². The van der Waals surface area contributed by atoms with E-state index in [1.54, 1.807) is 4.90 Å². The van der Waals surface area contributed by atoms with Crippen LogP contribution < -0.4 is 0 Å². The number of benzene rings is 3. The number of carbonyl (C=O) groups excluding carboxylic acids is 1. The Hall–Kier alpha value is -3.52. The van der Waals surface area contributed by atoms with Crippen LogP contribution in [-0.2, 0) is 34.0 Å². The van der Waals surface area contributed by atoms with Gasteiger partial charge in [-0.1, -0.05) is 91.0 Å². The Balaban J connectivity index is 1.97. The Morgan fingerprint density at radius 1 is 0.771 bits per heavy atom. The average Bonchev–Trinajstić information content (AvgIpc) is 2.88. The van der Waals surface area contributed by atoms with Crippen molar-refractivity contribution in [3.05, 3.63) is 108 Å². The van der Waals surface area contributed by atoms with Crippen LogP contribution in [0.25, 0.3) is 0 Å². The van der Waals surface area contributed by atoms with Gasteiger partial charge in [-0.05, 0) is 23.1 Å². The Labute approximate surface area is 205 Å². The highest BCUT2D eigenvalue weighted by atomic mass is 16.5. The summed E-state index contributed by atoms with van der Waals surface area (Å²) in [6, 6.07) is 26.8. The van der Waals surface area contributed by atoms with Crippen LogP contribution in [0, 0.1) is 5.92 Å². The fraction of sp³-hybridized carbons (Fsp3) is 0.286. The maximum absolute atomic E-state index is 13.5. The van der Waals surface area contributed by atoms with Gasteiger partial charge in [-0.3, -0.25) is 14.5 Å². The molecule has 3 N–H and O–H groups in total. The first kappa shape index (κ1) is 26.1. The summed E-state index contributed by atoms with van der Waals surface area (Å²) in [6.45, 7) is -0.0256. The van der Waals surface area contributed by atoms with E-state index in [-0.39, 0.29) is 13.0 Å². The minimum atomic E-state index is -1.30. The summed E-state index contributed by atoms with van der Waals surface area (Å²) >= 11 is 0. The van der Waals surface area contributed by atoms with Crippen LogP contribution in [0.2, 0.25) is 0 Å². The summed E-state index contributed by atoms with van der Waals surface area (Å²) in [4.78, 5) is 27.6. The van der Waals surface area contributed by atoms with E-state index in [2.05, 4.69) is 0 Å². The quantitative estimate of drug-likeness (QED) is 0.325. The van der Waals surface area contributed by atoms with Crippen molar-refractivity contribution >= 4 is 11.9 Å². The zero-order valence-electron chi connectivity index (χ0n) is 19.4. The van der Waals surface area contributed by atoms with Crippen molar-refractivity contribution in [1.29, 1.82) is 0 Å². The van der Waals surface area contributed by atoms with Gasteiger partial charge in [0.25, 0.3) is 0 Å². The molecule has 3 atom stereocenters. The molecule has 0 aliphatic heterocycles. The number of esters is 1. The second kappa shape index (κ2) is 13.4. The first-order valence-electron chi connectivity index (χ1n) is 11.5. The van der Waals surface area contributed by atoms with Crippen LogP contribution in [0.5, 0.6) is 0 Å². The second-order valence-corrected chi connectivity index (χ2v) is 8.43. The minimum absolute atomic E-state index is 0.00438. The molecule has 7 nitrogen and oxygen atoms in total. The molecule has 0 spiro atoms. The second-order valence-electron chi connectivity index (χ2n) is 8.43. The van der Waals surface area contributed by atoms with Gasteiger partial charge in [-0.25, -0.2) is 0 Å². The van der Waals surface area contributed by atoms with Gasteiger partial charge < -0.3 is 20.1 Å². The monoisotopic (exact) mass is 477 g/mol. The third kappa shape index (κ3) is 8.03. The predicted molar refractivity (Wildman–Crippen MR) is 131 cm³/mol. The Kier molecular flexibility index (Phi) is 9.98. The highest BCUT2D eigenvalue weighted by Crippen LogP contribution is 2.24. The minimum Gasteiger partial charge on any atom is -0.481 e. The number of rotatable bonds is 13. The molecule has 0 bridgehead atoms. The molecule has 0 aromatic heterocycles. The lowest BCUT2D eigenvalue weighted by Gasteiger charge is -2.34. The van der Waals surface area contributed by atoms with E-state index < -0.39 is 36.6 Å². The van der Waals surface area contributed by atoms with Crippen LogP contribution in [0.4, 0.5) is 0 Å². The van der Waals surface area contributed by atoms with Crippen LogP contribution in [0.1, 0.15) is 23.1 Å². The SMILES string of the molecule is O=C(O)[C@@H](CC(O)CO)[C@@H](C(=O)OCc1ccccc1)N(Cc1ccccc1)Cc1ccccc1. The maximum Gasteiger partial charge on any atom is 0.324 e. The molecule has 7 heteroatoms. The molecule has 3 aromatic carbocycles. The molecule has 0 saturated carbocycles. The van der Waals surface area contributed by atoms with Gasteiger partial charge in [0.2, 0.25) is 0 Å². The number of carboxylic acids is 1. The van der Waals surface area contributed by atoms with Crippen molar-refractivity contribution in [1.82, 2.24) is 4.90 Å². The van der Waals surface area contributed by atoms with E-state index in [0.717, 1.165) is 16.7 Å². The third-order valence-corrected chi connectivity index (χ3v) is 5.75. The van der Waals surface area contributed by atoms with Gasteiger partial charge >= 0.3 is 11.9 Å². The standard InChI is InChI=1S/C28H31NO6/c30-19-24(31)16-25(27(32)33)26(28(34)35-20-23-14-8-3-9-15-23)29(17-21-10-4-1-5-11-21)18-22-12-6-2-7-13-22/h1-15,24-26,30-31H,16-20H2,(H,32,33)/t24?,25-,26-/m0/s1. The van der Waals surface area contributed by atoms with E-state index in [0.29, 0.717) is 13.1 Å². The summed E-state index contributed by atoms with van der Waals surface area (Å²) in [7, 11) is 0. The van der Waals surface area contributed by atoms with Crippen LogP contribution in [0.3, 0.4) is 0 Å². The Bertz CT molecular complexity index is 1000. The highest BCUT2D eigenvalue weighted by molar-refractivity contribution is 5.84. The summed E-state index contributed by atoms with van der Waals surface area (Å²) < 4.78 is 5.60. The van der Waals surface area contributed by atoms with Gasteiger partial charge in [0.05, 0.1) is 18.6 Å². The Morgan fingerprint density at radius 2 is 1.23 bits per heavy atom. The lowest BCUT2D eigenvalue weighted by atomic mass is 9.91. The first-order chi connectivity index (χ1) is 17.0. The van der Waals surface area contributed by atoms with Gasteiger partial charge in [0.1, 0.15) is 12.6 Å². The predicted octanol–water partition coefficient (Wildman–Crippen LogP) is 3.24. The molecule has 0 amide bonds. The average molecular weight is 478 g/mol. The van der Waals surface area contributed by atoms with Crippen molar-refractivity contribution < 1.29 is 29.6 Å². The number of hydrogen-bond acceptors (Lipinski definition) is 6. The Morgan fingerprint density at radius 3 is 1.66 bits per heavy atom. The summed E-state index contributed by atoms with van der Waals surface area (Å²) in [5, 5.41) is 29.5. The molecular weight excluding hydrogens is 446 g/mol. The lowest BCUT2D eigenvalue weighted by Crippen LogP contribution is -2.50. The fourth-order valence-electron chi connectivity index (χ4n) is 4.00. The topological polar surface area (TPSA) is 107 Å². The molecular formula is C28H31NO6. The molecule has 1 unspecified atom stereocenters. The normalized spacial score (nSPS) is 13.7. The van der Waals surface area contributed by atoms with E-state index in [1.165, 1.54) is 0 Å². The molecule has 0 aliphatic carbocycles. The third-order valence-electron chi connectivity index (χ3n) is 5.75.